The summed E-state index contributed by atoms with van der Waals surface area (Å²) in [5.74, 6) is 0.0539. The maximum absolute atomic E-state index is 12.4. The van der Waals surface area contributed by atoms with Crippen LogP contribution in [0, 0.1) is 11.3 Å². The van der Waals surface area contributed by atoms with Crippen LogP contribution in [0.1, 0.15) is 52.5 Å². The van der Waals surface area contributed by atoms with Crippen LogP contribution in [0.2, 0.25) is 0 Å². The normalized spacial score (nSPS) is 19.6. The SMILES string of the molecule is C[C@H](CC(=O)Nc1ccccc1CN1CCC[C@@H]1C(N)=O)C(C)(C)C. The van der Waals surface area contributed by atoms with E-state index in [-0.39, 0.29) is 29.2 Å². The molecule has 1 saturated heterocycles. The second-order valence-corrected chi connectivity index (χ2v) is 8.21. The van der Waals surface area contributed by atoms with Gasteiger partial charge in [0.05, 0.1) is 6.04 Å². The van der Waals surface area contributed by atoms with Crippen molar-refractivity contribution in [1.29, 1.82) is 0 Å². The van der Waals surface area contributed by atoms with Crippen LogP contribution in [0.3, 0.4) is 0 Å². The average Bonchev–Trinajstić information content (AvgIpc) is 2.96. The first-order chi connectivity index (χ1) is 11.7. The van der Waals surface area contributed by atoms with E-state index in [9.17, 15) is 9.59 Å². The molecule has 0 aromatic heterocycles. The summed E-state index contributed by atoms with van der Waals surface area (Å²) in [5, 5.41) is 3.05. The summed E-state index contributed by atoms with van der Waals surface area (Å²) in [7, 11) is 0. The number of carbonyl (C=O) groups excluding carboxylic acids is 2. The van der Waals surface area contributed by atoms with Gasteiger partial charge in [0.1, 0.15) is 0 Å². The first-order valence-electron chi connectivity index (χ1n) is 9.09. The number of nitrogens with one attached hydrogen (secondary N) is 1. The number of benzene rings is 1. The zero-order valence-corrected chi connectivity index (χ0v) is 15.8. The molecule has 1 heterocycles. The van der Waals surface area contributed by atoms with Gasteiger partial charge in [-0.05, 0) is 42.3 Å². The number of nitrogens with zero attached hydrogens (tertiary/aromatic N) is 1. The van der Waals surface area contributed by atoms with E-state index in [1.54, 1.807) is 0 Å². The Morgan fingerprint density at radius 1 is 1.32 bits per heavy atom. The van der Waals surface area contributed by atoms with Crippen LogP contribution in [0.15, 0.2) is 24.3 Å². The third-order valence-electron chi connectivity index (χ3n) is 5.33. The van der Waals surface area contributed by atoms with E-state index >= 15 is 0 Å². The molecular weight excluding hydrogens is 314 g/mol. The molecule has 2 amide bonds. The fourth-order valence-electron chi connectivity index (χ4n) is 3.12. The molecule has 1 aliphatic heterocycles. The van der Waals surface area contributed by atoms with Gasteiger partial charge in [0.15, 0.2) is 0 Å². The summed E-state index contributed by atoms with van der Waals surface area (Å²) in [6.07, 6.45) is 2.28. The Hall–Kier alpha value is -1.88. The number of primary amides is 1. The van der Waals surface area contributed by atoms with Gasteiger partial charge in [0.25, 0.3) is 0 Å². The number of anilines is 1. The largest absolute Gasteiger partial charge is 0.368 e. The Kier molecular flexibility index (Phi) is 6.22. The van der Waals surface area contributed by atoms with Crippen molar-refractivity contribution in [3.63, 3.8) is 0 Å². The van der Waals surface area contributed by atoms with Crippen molar-refractivity contribution < 1.29 is 9.59 Å². The van der Waals surface area contributed by atoms with E-state index in [1.165, 1.54) is 0 Å². The van der Waals surface area contributed by atoms with Gasteiger partial charge in [-0.3, -0.25) is 14.5 Å². The van der Waals surface area contributed by atoms with E-state index < -0.39 is 0 Å². The summed E-state index contributed by atoms with van der Waals surface area (Å²) in [6, 6.07) is 7.59. The van der Waals surface area contributed by atoms with E-state index in [4.69, 9.17) is 5.73 Å². The minimum Gasteiger partial charge on any atom is -0.368 e. The number of likely N-dealkylation sites (tertiary alicyclic amines) is 1. The minimum atomic E-state index is -0.266. The number of hydrogen-bond donors (Lipinski definition) is 2. The third kappa shape index (κ3) is 5.30. The van der Waals surface area contributed by atoms with Crippen LogP contribution in [0.4, 0.5) is 5.69 Å². The molecule has 1 aromatic carbocycles. The number of amides is 2. The van der Waals surface area contributed by atoms with Gasteiger partial charge in [0, 0.05) is 18.7 Å². The van der Waals surface area contributed by atoms with Crippen molar-refractivity contribution in [2.75, 3.05) is 11.9 Å². The minimum absolute atomic E-state index is 0.0303. The molecule has 0 spiro atoms. The highest BCUT2D eigenvalue weighted by atomic mass is 16.2. The second-order valence-electron chi connectivity index (χ2n) is 8.21. The van der Waals surface area contributed by atoms with Crippen LogP contribution in [0.5, 0.6) is 0 Å². The first-order valence-corrected chi connectivity index (χ1v) is 9.09. The van der Waals surface area contributed by atoms with Crippen LogP contribution in [0.25, 0.3) is 0 Å². The third-order valence-corrected chi connectivity index (χ3v) is 5.33. The zero-order valence-electron chi connectivity index (χ0n) is 15.8. The molecule has 138 valence electrons. The van der Waals surface area contributed by atoms with Crippen molar-refractivity contribution in [2.45, 2.75) is 59.5 Å². The summed E-state index contributed by atoms with van der Waals surface area (Å²) < 4.78 is 0. The molecule has 25 heavy (non-hydrogen) atoms. The summed E-state index contributed by atoms with van der Waals surface area (Å²) in [5.41, 5.74) is 7.45. The number of para-hydroxylation sites is 1. The Morgan fingerprint density at radius 2 is 2.00 bits per heavy atom. The fourth-order valence-corrected chi connectivity index (χ4v) is 3.12. The van der Waals surface area contributed by atoms with Crippen molar-refractivity contribution in [2.24, 2.45) is 17.1 Å². The lowest BCUT2D eigenvalue weighted by Crippen LogP contribution is -2.39. The first kappa shape index (κ1) is 19.4. The Labute approximate surface area is 151 Å². The molecule has 5 nitrogen and oxygen atoms in total. The van der Waals surface area contributed by atoms with Crippen LogP contribution < -0.4 is 11.1 Å². The van der Waals surface area contributed by atoms with E-state index in [2.05, 4.69) is 37.9 Å². The second kappa shape index (κ2) is 8.00. The highest BCUT2D eigenvalue weighted by Gasteiger charge is 2.29. The Balaban J connectivity index is 2.05. The quantitative estimate of drug-likeness (QED) is 0.831. The van der Waals surface area contributed by atoms with Gasteiger partial charge in [-0.25, -0.2) is 0 Å². The van der Waals surface area contributed by atoms with Crippen molar-refractivity contribution >= 4 is 17.5 Å². The number of carbonyl (C=O) groups is 2. The summed E-state index contributed by atoms with van der Waals surface area (Å²) in [4.78, 5) is 26.1. The van der Waals surface area contributed by atoms with Gasteiger partial charge in [-0.2, -0.15) is 0 Å². The molecule has 0 saturated carbocycles. The maximum Gasteiger partial charge on any atom is 0.234 e. The predicted octanol–water partition coefficient (Wildman–Crippen LogP) is 3.15. The zero-order chi connectivity index (χ0) is 18.6. The van der Waals surface area contributed by atoms with Crippen molar-refractivity contribution in [1.82, 2.24) is 4.90 Å². The predicted molar refractivity (Wildman–Crippen MR) is 101 cm³/mol. The summed E-state index contributed by atoms with van der Waals surface area (Å²) in [6.45, 7) is 10.0. The molecule has 0 bridgehead atoms. The highest BCUT2D eigenvalue weighted by Crippen LogP contribution is 2.29. The highest BCUT2D eigenvalue weighted by molar-refractivity contribution is 5.91. The van der Waals surface area contributed by atoms with Crippen molar-refractivity contribution in [3.8, 4) is 0 Å². The van der Waals surface area contributed by atoms with E-state index in [0.717, 1.165) is 30.6 Å². The smallest absolute Gasteiger partial charge is 0.234 e. The van der Waals surface area contributed by atoms with Crippen LogP contribution >= 0.6 is 0 Å². The molecular formula is C20H31N3O2. The van der Waals surface area contributed by atoms with Gasteiger partial charge >= 0.3 is 0 Å². The van der Waals surface area contributed by atoms with Crippen molar-refractivity contribution in [3.05, 3.63) is 29.8 Å². The molecule has 1 fully saturated rings. The topological polar surface area (TPSA) is 75.4 Å². The Bertz CT molecular complexity index is 622. The van der Waals surface area contributed by atoms with Gasteiger partial charge in [-0.1, -0.05) is 45.9 Å². The summed E-state index contributed by atoms with van der Waals surface area (Å²) >= 11 is 0. The molecule has 0 radical (unpaired) electrons. The monoisotopic (exact) mass is 345 g/mol. The number of nitrogens with two attached hydrogens (primary N) is 1. The lowest BCUT2D eigenvalue weighted by atomic mass is 9.80. The average molecular weight is 345 g/mol. The maximum atomic E-state index is 12.4. The molecule has 0 unspecified atom stereocenters. The fraction of sp³-hybridized carbons (Fsp3) is 0.600. The van der Waals surface area contributed by atoms with Gasteiger partial charge in [-0.15, -0.1) is 0 Å². The van der Waals surface area contributed by atoms with Gasteiger partial charge in [0.2, 0.25) is 11.8 Å². The lowest BCUT2D eigenvalue weighted by Gasteiger charge is -2.27. The van der Waals surface area contributed by atoms with E-state index in [1.807, 2.05) is 24.3 Å². The number of rotatable bonds is 6. The van der Waals surface area contributed by atoms with Crippen LogP contribution in [-0.4, -0.2) is 29.3 Å². The van der Waals surface area contributed by atoms with Gasteiger partial charge < -0.3 is 11.1 Å². The molecule has 0 aliphatic carbocycles. The molecule has 1 aliphatic rings. The molecule has 1 aromatic rings. The molecule has 5 heteroatoms. The molecule has 3 N–H and O–H groups in total. The standard InChI is InChI=1S/C20H31N3O2/c1-14(20(2,3)4)12-18(24)22-16-9-6-5-8-15(16)13-23-11-7-10-17(23)19(21)25/h5-6,8-9,14,17H,7,10-13H2,1-4H3,(H2,21,25)(H,22,24)/t14-,17-/m1/s1. The lowest BCUT2D eigenvalue weighted by molar-refractivity contribution is -0.122. The molecule has 2 atom stereocenters. The Morgan fingerprint density at radius 3 is 2.64 bits per heavy atom. The van der Waals surface area contributed by atoms with Crippen LogP contribution in [-0.2, 0) is 16.1 Å². The number of hydrogen-bond acceptors (Lipinski definition) is 3. The molecule has 2 rings (SSSR count). The van der Waals surface area contributed by atoms with E-state index in [0.29, 0.717) is 13.0 Å².